The molecule has 1 aromatic carbocycles. The van der Waals surface area contributed by atoms with Gasteiger partial charge in [-0.25, -0.2) is 4.79 Å². The summed E-state index contributed by atoms with van der Waals surface area (Å²) in [5.74, 6) is 1.72. The minimum Gasteiger partial charge on any atom is -0.486 e. The van der Waals surface area contributed by atoms with Crippen LogP contribution in [-0.4, -0.2) is 85.9 Å². The molecule has 1 amide bonds. The van der Waals surface area contributed by atoms with Crippen LogP contribution in [0.3, 0.4) is 0 Å². The molecule has 3 aliphatic rings. The quantitative estimate of drug-likeness (QED) is 0.787. The van der Waals surface area contributed by atoms with Gasteiger partial charge in [-0.15, -0.1) is 0 Å². The molecule has 2 saturated heterocycles. The zero-order valence-corrected chi connectivity index (χ0v) is 16.8. The fourth-order valence-corrected chi connectivity index (χ4v) is 4.40. The first-order valence-corrected chi connectivity index (χ1v) is 10.5. The Balaban J connectivity index is 1.29. The van der Waals surface area contributed by atoms with Gasteiger partial charge in [0.15, 0.2) is 11.5 Å². The van der Waals surface area contributed by atoms with Gasteiger partial charge in [-0.3, -0.25) is 9.80 Å². The molecule has 1 atom stereocenters. The minimum absolute atomic E-state index is 0.175. The van der Waals surface area contributed by atoms with Crippen molar-refractivity contribution >= 4 is 6.09 Å². The maximum atomic E-state index is 11.9. The van der Waals surface area contributed by atoms with Crippen molar-refractivity contribution in [3.8, 4) is 11.5 Å². The Morgan fingerprint density at radius 2 is 1.89 bits per heavy atom. The predicted octanol–water partition coefficient (Wildman–Crippen LogP) is 2.20. The van der Waals surface area contributed by atoms with Crippen molar-refractivity contribution in [1.29, 1.82) is 0 Å². The molecule has 0 bridgehead atoms. The van der Waals surface area contributed by atoms with Crippen LogP contribution in [0.2, 0.25) is 0 Å². The van der Waals surface area contributed by atoms with Crippen molar-refractivity contribution in [2.45, 2.75) is 32.4 Å². The average Bonchev–Trinajstić information content (AvgIpc) is 2.74. The van der Waals surface area contributed by atoms with Gasteiger partial charge in [0.1, 0.15) is 13.2 Å². The molecule has 1 aromatic rings. The zero-order chi connectivity index (χ0) is 19.3. The van der Waals surface area contributed by atoms with Crippen LogP contribution in [-0.2, 0) is 11.3 Å². The third-order valence-electron chi connectivity index (χ3n) is 5.85. The first-order chi connectivity index (χ1) is 13.7. The molecule has 0 aliphatic carbocycles. The van der Waals surface area contributed by atoms with E-state index in [-0.39, 0.29) is 6.09 Å². The second-order valence-corrected chi connectivity index (χ2v) is 7.73. The Labute approximate surface area is 167 Å². The van der Waals surface area contributed by atoms with E-state index in [2.05, 4.69) is 21.9 Å². The van der Waals surface area contributed by atoms with E-state index in [9.17, 15) is 4.79 Å². The maximum Gasteiger partial charge on any atom is 0.409 e. The molecule has 7 nitrogen and oxygen atoms in total. The molecular weight excluding hydrogens is 358 g/mol. The zero-order valence-electron chi connectivity index (χ0n) is 16.8. The summed E-state index contributed by atoms with van der Waals surface area (Å²) in [5, 5.41) is 0. The lowest BCUT2D eigenvalue weighted by molar-refractivity contribution is 0.0412. The minimum atomic E-state index is -0.175. The van der Waals surface area contributed by atoms with Gasteiger partial charge >= 0.3 is 6.09 Å². The summed E-state index contributed by atoms with van der Waals surface area (Å²) in [6, 6.07) is 6.86. The number of amides is 1. The molecular formula is C21H31N3O4. The highest BCUT2D eigenvalue weighted by Crippen LogP contribution is 2.31. The monoisotopic (exact) mass is 389 g/mol. The number of benzene rings is 1. The number of carbonyl (C=O) groups is 1. The Morgan fingerprint density at radius 1 is 1.11 bits per heavy atom. The van der Waals surface area contributed by atoms with Crippen LogP contribution in [0.5, 0.6) is 11.5 Å². The topological polar surface area (TPSA) is 54.5 Å². The summed E-state index contributed by atoms with van der Waals surface area (Å²) >= 11 is 0. The Kier molecular flexibility index (Phi) is 6.22. The van der Waals surface area contributed by atoms with Crippen LogP contribution in [0, 0.1) is 0 Å². The summed E-state index contributed by atoms with van der Waals surface area (Å²) < 4.78 is 16.5. The van der Waals surface area contributed by atoms with E-state index >= 15 is 0 Å². The van der Waals surface area contributed by atoms with E-state index in [0.717, 1.165) is 57.3 Å². The van der Waals surface area contributed by atoms with Crippen molar-refractivity contribution in [3.63, 3.8) is 0 Å². The second kappa shape index (κ2) is 9.01. The van der Waals surface area contributed by atoms with E-state index < -0.39 is 0 Å². The number of fused-ring (bicyclic) bond motifs is 1. The van der Waals surface area contributed by atoms with Crippen molar-refractivity contribution in [2.75, 3.05) is 59.1 Å². The van der Waals surface area contributed by atoms with Gasteiger partial charge in [-0.2, -0.15) is 0 Å². The fourth-order valence-electron chi connectivity index (χ4n) is 4.40. The molecule has 1 unspecified atom stereocenters. The summed E-state index contributed by atoms with van der Waals surface area (Å²) in [6.07, 6.45) is 2.27. The molecule has 0 radical (unpaired) electrons. The van der Waals surface area contributed by atoms with Crippen LogP contribution in [0.4, 0.5) is 4.79 Å². The van der Waals surface area contributed by atoms with Gasteiger partial charge in [0.05, 0.1) is 6.61 Å². The normalized spacial score (nSPS) is 23.5. The number of likely N-dealkylation sites (tertiary alicyclic amines) is 1. The van der Waals surface area contributed by atoms with Gasteiger partial charge in [-0.1, -0.05) is 6.07 Å². The highest BCUT2D eigenvalue weighted by Gasteiger charge is 2.30. The molecule has 2 fully saturated rings. The number of carbonyl (C=O) groups excluding carboxylic acids is 1. The van der Waals surface area contributed by atoms with Gasteiger partial charge in [0.2, 0.25) is 0 Å². The fraction of sp³-hybridized carbons (Fsp3) is 0.667. The van der Waals surface area contributed by atoms with Crippen molar-refractivity contribution in [3.05, 3.63) is 23.8 Å². The number of hydrogen-bond donors (Lipinski definition) is 0. The van der Waals surface area contributed by atoms with Crippen molar-refractivity contribution in [2.24, 2.45) is 0 Å². The van der Waals surface area contributed by atoms with Crippen LogP contribution in [0.25, 0.3) is 0 Å². The van der Waals surface area contributed by atoms with Gasteiger partial charge in [0.25, 0.3) is 0 Å². The molecule has 3 heterocycles. The molecule has 154 valence electrons. The molecule has 7 heteroatoms. The average molecular weight is 389 g/mol. The lowest BCUT2D eigenvalue weighted by atomic mass is 10.0. The molecule has 3 aliphatic heterocycles. The SMILES string of the molecule is CCOC(=O)N1CCN(C2CCCN(Cc3ccc4c(c3)OCCO4)C2)CC1. The summed E-state index contributed by atoms with van der Waals surface area (Å²) in [7, 11) is 0. The second-order valence-electron chi connectivity index (χ2n) is 7.73. The molecule has 0 saturated carbocycles. The molecule has 28 heavy (non-hydrogen) atoms. The molecule has 4 rings (SSSR count). The number of piperidine rings is 1. The van der Waals surface area contributed by atoms with Crippen molar-refractivity contribution < 1.29 is 19.0 Å². The number of nitrogens with zero attached hydrogens (tertiary/aromatic N) is 3. The number of rotatable bonds is 4. The molecule has 0 N–H and O–H groups in total. The van der Waals surface area contributed by atoms with Crippen LogP contribution >= 0.6 is 0 Å². The Hall–Kier alpha value is -1.99. The smallest absolute Gasteiger partial charge is 0.409 e. The lowest BCUT2D eigenvalue weighted by Crippen LogP contribution is -2.55. The highest BCUT2D eigenvalue weighted by molar-refractivity contribution is 5.67. The molecule has 0 aromatic heterocycles. The van der Waals surface area contributed by atoms with Gasteiger partial charge in [-0.05, 0) is 44.0 Å². The van der Waals surface area contributed by atoms with E-state index in [1.54, 1.807) is 0 Å². The van der Waals surface area contributed by atoms with Crippen LogP contribution in [0.15, 0.2) is 18.2 Å². The first-order valence-electron chi connectivity index (χ1n) is 10.5. The lowest BCUT2D eigenvalue weighted by Gasteiger charge is -2.43. The standard InChI is InChI=1S/C21H31N3O4/c1-2-26-21(25)24-10-8-23(9-11-24)18-4-3-7-22(16-18)15-17-5-6-19-20(14-17)28-13-12-27-19/h5-6,14,18H,2-4,7-13,15-16H2,1H3. The van der Waals surface area contributed by atoms with E-state index in [4.69, 9.17) is 14.2 Å². The number of piperazine rings is 1. The Morgan fingerprint density at radius 3 is 2.68 bits per heavy atom. The summed E-state index contributed by atoms with van der Waals surface area (Å²) in [6.45, 7) is 10.1. The van der Waals surface area contributed by atoms with Gasteiger partial charge in [0, 0.05) is 45.3 Å². The molecule has 0 spiro atoms. The first kappa shape index (κ1) is 19.3. The van der Waals surface area contributed by atoms with Crippen LogP contribution < -0.4 is 9.47 Å². The maximum absolute atomic E-state index is 11.9. The third kappa shape index (κ3) is 4.52. The summed E-state index contributed by atoms with van der Waals surface area (Å²) in [4.78, 5) is 18.8. The van der Waals surface area contributed by atoms with E-state index in [0.29, 0.717) is 25.9 Å². The highest BCUT2D eigenvalue weighted by atomic mass is 16.6. The third-order valence-corrected chi connectivity index (χ3v) is 5.85. The largest absolute Gasteiger partial charge is 0.486 e. The number of ether oxygens (including phenoxy) is 3. The summed E-state index contributed by atoms with van der Waals surface area (Å²) in [5.41, 5.74) is 1.28. The van der Waals surface area contributed by atoms with Crippen LogP contribution in [0.1, 0.15) is 25.3 Å². The van der Waals surface area contributed by atoms with Crippen molar-refractivity contribution in [1.82, 2.24) is 14.7 Å². The van der Waals surface area contributed by atoms with E-state index in [1.807, 2.05) is 17.9 Å². The Bertz CT molecular complexity index is 676. The number of hydrogen-bond acceptors (Lipinski definition) is 6. The van der Waals surface area contributed by atoms with E-state index in [1.165, 1.54) is 18.4 Å². The predicted molar refractivity (Wildman–Crippen MR) is 106 cm³/mol. The van der Waals surface area contributed by atoms with Gasteiger partial charge < -0.3 is 19.1 Å².